The molecule has 0 unspecified atom stereocenters. The zero-order valence-corrected chi connectivity index (χ0v) is 16.5. The van der Waals surface area contributed by atoms with Crippen LogP contribution in [-0.2, 0) is 16.1 Å². The molecule has 150 valence electrons. The Bertz CT molecular complexity index is 1120. The van der Waals surface area contributed by atoms with Crippen molar-refractivity contribution in [1.82, 2.24) is 0 Å². The van der Waals surface area contributed by atoms with Gasteiger partial charge in [-0.1, -0.05) is 54.6 Å². The van der Waals surface area contributed by atoms with Crippen LogP contribution in [0.1, 0.15) is 27.0 Å². The number of aryl methyl sites for hydroxylation is 1. The first-order valence-corrected chi connectivity index (χ1v) is 9.56. The van der Waals surface area contributed by atoms with Crippen LogP contribution in [0, 0.1) is 6.92 Å². The predicted molar refractivity (Wildman–Crippen MR) is 112 cm³/mol. The van der Waals surface area contributed by atoms with E-state index >= 15 is 0 Å². The quantitative estimate of drug-likeness (QED) is 0.442. The van der Waals surface area contributed by atoms with Gasteiger partial charge in [-0.05, 0) is 41.8 Å². The normalized spacial score (nSPS) is 13.6. The first-order chi connectivity index (χ1) is 14.6. The van der Waals surface area contributed by atoms with Gasteiger partial charge in [0.15, 0.2) is 12.4 Å². The summed E-state index contributed by atoms with van der Waals surface area (Å²) in [4.78, 5) is 24.5. The topological polar surface area (TPSA) is 61.8 Å². The van der Waals surface area contributed by atoms with Crippen LogP contribution in [0.3, 0.4) is 0 Å². The zero-order valence-electron chi connectivity index (χ0n) is 16.5. The minimum absolute atomic E-state index is 0.179. The van der Waals surface area contributed by atoms with Crippen LogP contribution in [0.4, 0.5) is 0 Å². The Morgan fingerprint density at radius 1 is 1.00 bits per heavy atom. The van der Waals surface area contributed by atoms with Crippen LogP contribution < -0.4 is 9.47 Å². The lowest BCUT2D eigenvalue weighted by molar-refractivity contribution is -0.147. The molecule has 4 rings (SSSR count). The number of hydrogen-bond donors (Lipinski definition) is 0. The molecule has 0 bridgehead atoms. The molecule has 3 aromatic carbocycles. The molecule has 0 atom stereocenters. The zero-order chi connectivity index (χ0) is 20.9. The van der Waals surface area contributed by atoms with Gasteiger partial charge >= 0.3 is 5.97 Å². The fourth-order valence-corrected chi connectivity index (χ4v) is 3.07. The van der Waals surface area contributed by atoms with E-state index in [1.165, 1.54) is 0 Å². The van der Waals surface area contributed by atoms with Gasteiger partial charge in [0.05, 0.1) is 5.56 Å². The Morgan fingerprint density at radius 3 is 2.57 bits per heavy atom. The molecular formula is C25H20O5. The lowest BCUT2D eigenvalue weighted by Gasteiger charge is -2.08. The summed E-state index contributed by atoms with van der Waals surface area (Å²) in [5, 5.41) is 0. The number of esters is 1. The van der Waals surface area contributed by atoms with E-state index in [4.69, 9.17) is 14.2 Å². The van der Waals surface area contributed by atoms with Gasteiger partial charge in [-0.15, -0.1) is 0 Å². The summed E-state index contributed by atoms with van der Waals surface area (Å²) < 4.78 is 16.4. The van der Waals surface area contributed by atoms with E-state index in [9.17, 15) is 9.59 Å². The fourth-order valence-electron chi connectivity index (χ4n) is 3.07. The summed E-state index contributed by atoms with van der Waals surface area (Å²) in [5.74, 6) is 0.447. The second-order valence-corrected chi connectivity index (χ2v) is 6.89. The Morgan fingerprint density at radius 2 is 1.77 bits per heavy atom. The molecule has 0 radical (unpaired) electrons. The van der Waals surface area contributed by atoms with Crippen LogP contribution in [0.2, 0.25) is 0 Å². The summed E-state index contributed by atoms with van der Waals surface area (Å²) in [6.45, 7) is 1.94. The van der Waals surface area contributed by atoms with Crippen LogP contribution in [0.5, 0.6) is 11.5 Å². The molecule has 5 nitrogen and oxygen atoms in total. The van der Waals surface area contributed by atoms with Crippen LogP contribution in [0.15, 0.2) is 78.6 Å². The number of hydrogen-bond acceptors (Lipinski definition) is 5. The Labute approximate surface area is 174 Å². The van der Waals surface area contributed by atoms with Crippen molar-refractivity contribution in [1.29, 1.82) is 0 Å². The van der Waals surface area contributed by atoms with Crippen molar-refractivity contribution in [3.8, 4) is 11.5 Å². The van der Waals surface area contributed by atoms with Crippen molar-refractivity contribution in [3.05, 3.63) is 101 Å². The van der Waals surface area contributed by atoms with Gasteiger partial charge in [0.25, 0.3) is 0 Å². The lowest BCUT2D eigenvalue weighted by Crippen LogP contribution is -2.14. The molecule has 1 heterocycles. The van der Waals surface area contributed by atoms with Gasteiger partial charge in [0.2, 0.25) is 5.78 Å². The molecule has 0 saturated carbocycles. The Balaban J connectivity index is 1.38. The van der Waals surface area contributed by atoms with Crippen LogP contribution in [-0.4, -0.2) is 18.4 Å². The Hall–Kier alpha value is -3.86. The number of carbonyl (C=O) groups is 2. The van der Waals surface area contributed by atoms with Gasteiger partial charge in [-0.25, -0.2) is 4.79 Å². The molecule has 3 aromatic rings. The number of fused-ring (bicyclic) bond motifs is 1. The highest BCUT2D eigenvalue weighted by atomic mass is 16.6. The van der Waals surface area contributed by atoms with Crippen molar-refractivity contribution in [2.75, 3.05) is 6.61 Å². The monoisotopic (exact) mass is 400 g/mol. The highest BCUT2D eigenvalue weighted by molar-refractivity contribution is 6.14. The number of allylic oxidation sites excluding steroid dienone is 1. The van der Waals surface area contributed by atoms with Crippen LogP contribution >= 0.6 is 0 Å². The minimum atomic E-state index is -0.475. The summed E-state index contributed by atoms with van der Waals surface area (Å²) in [6.07, 6.45) is 1.74. The van der Waals surface area contributed by atoms with E-state index < -0.39 is 5.97 Å². The summed E-state index contributed by atoms with van der Waals surface area (Å²) in [7, 11) is 0. The lowest BCUT2D eigenvalue weighted by atomic mass is 10.1. The molecule has 0 spiro atoms. The van der Waals surface area contributed by atoms with Crippen molar-refractivity contribution in [2.45, 2.75) is 13.5 Å². The number of carbonyl (C=O) groups excluding carboxylic acids is 2. The molecule has 0 aromatic heterocycles. The molecule has 1 aliphatic heterocycles. The van der Waals surface area contributed by atoms with E-state index in [0.29, 0.717) is 17.1 Å². The molecule has 1 aliphatic rings. The van der Waals surface area contributed by atoms with Crippen LogP contribution in [0.25, 0.3) is 6.08 Å². The maximum atomic E-state index is 12.6. The largest absolute Gasteiger partial charge is 0.482 e. The van der Waals surface area contributed by atoms with Gasteiger partial charge in [-0.3, -0.25) is 4.79 Å². The summed E-state index contributed by atoms with van der Waals surface area (Å²) >= 11 is 0. The van der Waals surface area contributed by atoms with E-state index in [1.807, 2.05) is 61.5 Å². The second-order valence-electron chi connectivity index (χ2n) is 6.89. The maximum absolute atomic E-state index is 12.6. The second kappa shape index (κ2) is 8.66. The third-order valence-electron chi connectivity index (χ3n) is 4.72. The van der Waals surface area contributed by atoms with Gasteiger partial charge in [0.1, 0.15) is 18.1 Å². The highest BCUT2D eigenvalue weighted by Crippen LogP contribution is 2.35. The number of ketones is 1. The smallest absolute Gasteiger partial charge is 0.344 e. The summed E-state index contributed by atoms with van der Waals surface area (Å²) in [6, 6.07) is 22.1. The molecule has 5 heteroatoms. The first-order valence-electron chi connectivity index (χ1n) is 9.56. The van der Waals surface area contributed by atoms with Gasteiger partial charge in [0, 0.05) is 6.07 Å². The molecule has 0 saturated heterocycles. The number of benzene rings is 3. The first kappa shape index (κ1) is 19.5. The molecule has 30 heavy (non-hydrogen) atoms. The van der Waals surface area contributed by atoms with Gasteiger partial charge in [-0.2, -0.15) is 0 Å². The van der Waals surface area contributed by atoms with Crippen molar-refractivity contribution in [3.63, 3.8) is 0 Å². The standard InChI is InChI=1S/C25H20O5/c1-17-7-5-6-10-19(17)13-23-25(27)21-12-11-20(14-22(21)30-23)28-16-24(26)29-15-18-8-3-2-4-9-18/h2-14H,15-16H2,1H3/b23-13+. The van der Waals surface area contributed by atoms with E-state index in [-0.39, 0.29) is 24.8 Å². The molecule has 0 fully saturated rings. The van der Waals surface area contributed by atoms with Crippen molar-refractivity contribution < 1.29 is 23.8 Å². The molecule has 0 N–H and O–H groups in total. The number of rotatable bonds is 6. The third-order valence-corrected chi connectivity index (χ3v) is 4.72. The van der Waals surface area contributed by atoms with Crippen molar-refractivity contribution in [2.24, 2.45) is 0 Å². The SMILES string of the molecule is Cc1ccccc1/C=C1/Oc2cc(OCC(=O)OCc3ccccc3)ccc2C1=O. The van der Waals surface area contributed by atoms with E-state index in [2.05, 4.69) is 0 Å². The third kappa shape index (κ3) is 4.41. The highest BCUT2D eigenvalue weighted by Gasteiger charge is 2.28. The number of ether oxygens (including phenoxy) is 3. The minimum Gasteiger partial charge on any atom is -0.482 e. The number of Topliss-reactive ketones (excluding diaryl/α,β-unsaturated/α-hetero) is 1. The molecule has 0 aliphatic carbocycles. The average molecular weight is 400 g/mol. The summed E-state index contributed by atoms with van der Waals surface area (Å²) in [5.41, 5.74) is 3.35. The van der Waals surface area contributed by atoms with Crippen molar-refractivity contribution >= 4 is 17.8 Å². The van der Waals surface area contributed by atoms with E-state index in [1.54, 1.807) is 24.3 Å². The maximum Gasteiger partial charge on any atom is 0.344 e. The Kier molecular flexibility index (Phi) is 5.61. The average Bonchev–Trinajstić information content (AvgIpc) is 3.08. The van der Waals surface area contributed by atoms with Gasteiger partial charge < -0.3 is 14.2 Å². The molecule has 0 amide bonds. The molecular weight excluding hydrogens is 380 g/mol. The fraction of sp³-hybridized carbons (Fsp3) is 0.120. The van der Waals surface area contributed by atoms with E-state index in [0.717, 1.165) is 16.7 Å². The predicted octanol–water partition coefficient (Wildman–Crippen LogP) is 4.73.